The summed E-state index contributed by atoms with van der Waals surface area (Å²) in [5.74, 6) is 1.46. The Morgan fingerprint density at radius 2 is 1.95 bits per heavy atom. The van der Waals surface area contributed by atoms with E-state index in [1.807, 2.05) is 18.2 Å². The average Bonchev–Trinajstić information content (AvgIpc) is 3.32. The quantitative estimate of drug-likeness (QED) is 0.407. The summed E-state index contributed by atoms with van der Waals surface area (Å²) in [5.41, 5.74) is 0.934. The van der Waals surface area contributed by atoms with Crippen LogP contribution in [0.2, 0.25) is 5.02 Å². The summed E-state index contributed by atoms with van der Waals surface area (Å²) in [4.78, 5) is 20.5. The molecule has 192 valence electrons. The number of halogens is 1. The fourth-order valence-electron chi connectivity index (χ4n) is 4.70. The largest absolute Gasteiger partial charge is 0.486 e. The lowest BCUT2D eigenvalue weighted by Crippen LogP contribution is -2.39. The van der Waals surface area contributed by atoms with E-state index in [0.717, 1.165) is 5.56 Å². The molecule has 1 fully saturated rings. The zero-order valence-corrected chi connectivity index (χ0v) is 21.2. The Balaban J connectivity index is 1.29. The van der Waals surface area contributed by atoms with Gasteiger partial charge in [0, 0.05) is 24.0 Å². The number of hydrogen-bond donors (Lipinski definition) is 1. The number of rotatable bonds is 5. The first-order valence-corrected chi connectivity index (χ1v) is 13.7. The molecule has 2 aromatic carbocycles. The van der Waals surface area contributed by atoms with Crippen molar-refractivity contribution < 1.29 is 17.9 Å². The fourth-order valence-corrected chi connectivity index (χ4v) is 6.53. The van der Waals surface area contributed by atoms with Gasteiger partial charge in [-0.3, -0.25) is 4.79 Å². The van der Waals surface area contributed by atoms with E-state index in [9.17, 15) is 13.2 Å². The molecule has 0 spiro atoms. The minimum atomic E-state index is -3.75. The second-order valence-electron chi connectivity index (χ2n) is 9.01. The second kappa shape index (κ2) is 9.43. The van der Waals surface area contributed by atoms with Crippen LogP contribution >= 0.6 is 11.6 Å². The summed E-state index contributed by atoms with van der Waals surface area (Å²) in [6, 6.07) is 11.8. The number of fused-ring (bicyclic) bond motifs is 2. The molecule has 37 heavy (non-hydrogen) atoms. The molecule has 1 N–H and O–H groups in total. The van der Waals surface area contributed by atoms with Gasteiger partial charge in [0.2, 0.25) is 10.0 Å². The number of ether oxygens (including phenoxy) is 2. The zero-order chi connectivity index (χ0) is 25.6. The molecule has 1 saturated heterocycles. The Hall–Kier alpha value is -3.48. The molecule has 0 bridgehead atoms. The Morgan fingerprint density at radius 1 is 1.11 bits per heavy atom. The van der Waals surface area contributed by atoms with Crippen LogP contribution in [0.1, 0.15) is 30.1 Å². The van der Waals surface area contributed by atoms with Gasteiger partial charge in [-0.25, -0.2) is 18.1 Å². The topological polar surface area (TPSA) is 132 Å². The summed E-state index contributed by atoms with van der Waals surface area (Å²) in [6.07, 6.45) is 1.31. The molecule has 2 aromatic heterocycles. The highest BCUT2D eigenvalue weighted by Crippen LogP contribution is 2.32. The summed E-state index contributed by atoms with van der Waals surface area (Å²) in [6.45, 7) is 1.88. The lowest BCUT2D eigenvalue weighted by Gasteiger charge is -2.31. The first-order chi connectivity index (χ1) is 17.9. The van der Waals surface area contributed by atoms with Crippen molar-refractivity contribution in [2.45, 2.75) is 30.2 Å². The standard InChI is InChI=1S/C24H23ClN6O5S/c25-17-4-1-5-18(12-17)37(33,34)30-8-2-3-16(14-30)22-26-23-21(24(32)27-22)28-29-31(23)13-15-6-7-19-20(11-15)36-10-9-35-19/h1,4-7,11-12,16H,2-3,8-10,13-14H2,(H,26,27,32)/t16-/m1/s1. The first kappa shape index (κ1) is 23.9. The molecular weight excluding hydrogens is 520 g/mol. The minimum Gasteiger partial charge on any atom is -0.486 e. The van der Waals surface area contributed by atoms with Crippen LogP contribution in [0, 0.1) is 0 Å². The van der Waals surface area contributed by atoms with Gasteiger partial charge in [-0.05, 0) is 48.7 Å². The molecule has 0 amide bonds. The number of nitrogens with one attached hydrogen (secondary N) is 1. The third kappa shape index (κ3) is 4.56. The van der Waals surface area contributed by atoms with Crippen molar-refractivity contribution in [2.24, 2.45) is 0 Å². The molecule has 6 rings (SSSR count). The second-order valence-corrected chi connectivity index (χ2v) is 11.4. The van der Waals surface area contributed by atoms with Crippen LogP contribution in [0.4, 0.5) is 0 Å². The lowest BCUT2D eigenvalue weighted by atomic mass is 9.99. The molecule has 2 aliphatic rings. The van der Waals surface area contributed by atoms with Gasteiger partial charge in [-0.1, -0.05) is 28.9 Å². The highest BCUT2D eigenvalue weighted by atomic mass is 35.5. The number of benzene rings is 2. The molecular formula is C24H23ClN6O5S. The first-order valence-electron chi connectivity index (χ1n) is 11.9. The predicted octanol–water partition coefficient (Wildman–Crippen LogP) is 2.56. The maximum Gasteiger partial charge on any atom is 0.281 e. The van der Waals surface area contributed by atoms with E-state index in [0.29, 0.717) is 67.1 Å². The maximum absolute atomic E-state index is 13.2. The Morgan fingerprint density at radius 3 is 2.78 bits per heavy atom. The number of nitrogens with zero attached hydrogens (tertiary/aromatic N) is 5. The maximum atomic E-state index is 13.2. The van der Waals surface area contributed by atoms with Crippen LogP contribution in [0.25, 0.3) is 11.2 Å². The lowest BCUT2D eigenvalue weighted by molar-refractivity contribution is 0.171. The number of aromatic amines is 1. The van der Waals surface area contributed by atoms with Crippen LogP contribution in [0.15, 0.2) is 52.2 Å². The minimum absolute atomic E-state index is 0.125. The number of H-pyrrole nitrogens is 1. The summed E-state index contributed by atoms with van der Waals surface area (Å²) in [7, 11) is -3.75. The van der Waals surface area contributed by atoms with Gasteiger partial charge in [-0.15, -0.1) is 5.10 Å². The van der Waals surface area contributed by atoms with E-state index in [-0.39, 0.29) is 22.9 Å². The normalized spacial score (nSPS) is 18.2. The molecule has 13 heteroatoms. The third-order valence-corrected chi connectivity index (χ3v) is 8.63. The summed E-state index contributed by atoms with van der Waals surface area (Å²) >= 11 is 6.02. The van der Waals surface area contributed by atoms with Crippen molar-refractivity contribution in [1.82, 2.24) is 29.3 Å². The molecule has 0 radical (unpaired) electrons. The SMILES string of the molecule is O=c1[nH]c([C@@H]2CCCN(S(=O)(=O)c3cccc(Cl)c3)C2)nc2c1nnn2Cc1ccc2c(c1)OCCO2. The van der Waals surface area contributed by atoms with E-state index in [1.54, 1.807) is 16.8 Å². The van der Waals surface area contributed by atoms with Gasteiger partial charge in [0.1, 0.15) is 19.0 Å². The van der Waals surface area contributed by atoms with Gasteiger partial charge in [0.05, 0.1) is 11.4 Å². The molecule has 0 unspecified atom stereocenters. The van der Waals surface area contributed by atoms with Gasteiger partial charge >= 0.3 is 0 Å². The van der Waals surface area contributed by atoms with E-state index < -0.39 is 15.6 Å². The number of sulfonamides is 1. The molecule has 0 saturated carbocycles. The number of aromatic nitrogens is 5. The van der Waals surface area contributed by atoms with Crippen molar-refractivity contribution in [3.05, 3.63) is 69.2 Å². The highest BCUT2D eigenvalue weighted by Gasteiger charge is 2.32. The Labute approximate surface area is 217 Å². The van der Waals surface area contributed by atoms with Crippen LogP contribution < -0.4 is 15.0 Å². The van der Waals surface area contributed by atoms with Crippen molar-refractivity contribution in [2.75, 3.05) is 26.3 Å². The van der Waals surface area contributed by atoms with Gasteiger partial charge in [-0.2, -0.15) is 4.31 Å². The van der Waals surface area contributed by atoms with Gasteiger partial charge < -0.3 is 14.5 Å². The highest BCUT2D eigenvalue weighted by molar-refractivity contribution is 7.89. The van der Waals surface area contributed by atoms with Gasteiger partial charge in [0.15, 0.2) is 22.7 Å². The van der Waals surface area contributed by atoms with Crippen LogP contribution in [-0.4, -0.2) is 64.0 Å². The van der Waals surface area contributed by atoms with Crippen molar-refractivity contribution in [3.8, 4) is 11.5 Å². The van der Waals surface area contributed by atoms with Crippen LogP contribution in [0.5, 0.6) is 11.5 Å². The van der Waals surface area contributed by atoms with Crippen molar-refractivity contribution in [3.63, 3.8) is 0 Å². The smallest absolute Gasteiger partial charge is 0.281 e. The number of hydrogen-bond acceptors (Lipinski definition) is 8. The Bertz CT molecular complexity index is 1650. The summed E-state index contributed by atoms with van der Waals surface area (Å²) in [5, 5.41) is 8.52. The van der Waals surface area contributed by atoms with Crippen LogP contribution in [0.3, 0.4) is 0 Å². The van der Waals surface area contributed by atoms with E-state index in [4.69, 9.17) is 26.1 Å². The van der Waals surface area contributed by atoms with E-state index >= 15 is 0 Å². The molecule has 4 aromatic rings. The zero-order valence-electron chi connectivity index (χ0n) is 19.6. The fraction of sp³-hybridized carbons (Fsp3) is 0.333. The third-order valence-electron chi connectivity index (χ3n) is 6.54. The molecule has 1 atom stereocenters. The number of piperidine rings is 1. The summed E-state index contributed by atoms with van der Waals surface area (Å²) < 4.78 is 40.7. The van der Waals surface area contributed by atoms with E-state index in [1.165, 1.54) is 16.4 Å². The van der Waals surface area contributed by atoms with Crippen LogP contribution in [-0.2, 0) is 16.6 Å². The Kier molecular flexibility index (Phi) is 6.09. The molecule has 0 aliphatic carbocycles. The molecule has 2 aliphatic heterocycles. The predicted molar refractivity (Wildman–Crippen MR) is 135 cm³/mol. The van der Waals surface area contributed by atoms with Crippen molar-refractivity contribution >= 4 is 32.8 Å². The van der Waals surface area contributed by atoms with Gasteiger partial charge in [0.25, 0.3) is 5.56 Å². The van der Waals surface area contributed by atoms with E-state index in [2.05, 4.69) is 15.3 Å². The average molecular weight is 543 g/mol. The monoisotopic (exact) mass is 542 g/mol. The van der Waals surface area contributed by atoms with Crippen molar-refractivity contribution in [1.29, 1.82) is 0 Å². The molecule has 11 nitrogen and oxygen atoms in total. The molecule has 4 heterocycles.